The number of nitrogens with zero attached hydrogens (tertiary/aromatic N) is 2. The summed E-state index contributed by atoms with van der Waals surface area (Å²) in [5, 5.41) is 5.11. The molecule has 5 heteroatoms. The Balaban J connectivity index is 2.34. The minimum absolute atomic E-state index is 0.115. The van der Waals surface area contributed by atoms with Gasteiger partial charge in [0.25, 0.3) is 0 Å². The van der Waals surface area contributed by atoms with Gasteiger partial charge in [-0.25, -0.2) is 4.68 Å². The highest BCUT2D eigenvalue weighted by Gasteiger charge is 2.24. The maximum atomic E-state index is 6.27. The lowest BCUT2D eigenvalue weighted by Gasteiger charge is -2.15. The van der Waals surface area contributed by atoms with Gasteiger partial charge in [-0.3, -0.25) is 0 Å². The molecular weight excluding hydrogens is 326 g/mol. The first-order chi connectivity index (χ1) is 8.79. The number of nitrogen functional groups attached to an aromatic ring is 1. The van der Waals surface area contributed by atoms with Crippen LogP contribution < -0.4 is 5.73 Å². The van der Waals surface area contributed by atoms with Crippen LogP contribution in [0.5, 0.6) is 0 Å². The van der Waals surface area contributed by atoms with Crippen LogP contribution in [0, 0.1) is 0 Å². The van der Waals surface area contributed by atoms with E-state index < -0.39 is 0 Å². The summed E-state index contributed by atoms with van der Waals surface area (Å²) >= 11 is 9.69. The van der Waals surface area contributed by atoms with Crippen LogP contribution in [0.2, 0.25) is 5.02 Å². The zero-order chi connectivity index (χ0) is 14.2. The molecule has 0 aliphatic rings. The molecule has 1 aromatic carbocycles. The Morgan fingerprint density at radius 2 is 1.84 bits per heavy atom. The van der Waals surface area contributed by atoms with Crippen molar-refractivity contribution >= 4 is 33.3 Å². The first-order valence-electron chi connectivity index (χ1n) is 6.06. The van der Waals surface area contributed by atoms with E-state index in [1.165, 1.54) is 0 Å². The van der Waals surface area contributed by atoms with Crippen LogP contribution in [0.3, 0.4) is 0 Å². The predicted molar refractivity (Wildman–Crippen MR) is 83.6 cm³/mol. The molecule has 0 atom stereocenters. The van der Waals surface area contributed by atoms with Crippen molar-refractivity contribution in [1.82, 2.24) is 9.78 Å². The number of anilines is 1. The van der Waals surface area contributed by atoms with Gasteiger partial charge in [0.15, 0.2) is 0 Å². The molecule has 19 heavy (non-hydrogen) atoms. The van der Waals surface area contributed by atoms with Gasteiger partial charge in [-0.1, -0.05) is 60.4 Å². The second-order valence-electron chi connectivity index (χ2n) is 5.58. The zero-order valence-corrected chi connectivity index (χ0v) is 13.6. The van der Waals surface area contributed by atoms with E-state index in [0.29, 0.717) is 17.4 Å². The van der Waals surface area contributed by atoms with Crippen molar-refractivity contribution in [2.24, 2.45) is 0 Å². The average molecular weight is 343 g/mol. The highest BCUT2D eigenvalue weighted by molar-refractivity contribution is 9.10. The second-order valence-corrected chi connectivity index (χ2v) is 6.88. The van der Waals surface area contributed by atoms with Gasteiger partial charge in [-0.2, -0.15) is 5.10 Å². The van der Waals surface area contributed by atoms with E-state index in [1.807, 2.05) is 24.3 Å². The number of hydrogen-bond acceptors (Lipinski definition) is 2. The van der Waals surface area contributed by atoms with E-state index in [4.69, 9.17) is 17.3 Å². The molecule has 0 spiro atoms. The fraction of sp³-hybridized carbons (Fsp3) is 0.357. The van der Waals surface area contributed by atoms with Gasteiger partial charge < -0.3 is 5.73 Å². The smallest absolute Gasteiger partial charge is 0.141 e. The Labute approximate surface area is 126 Å². The minimum Gasteiger partial charge on any atom is -0.383 e. The summed E-state index contributed by atoms with van der Waals surface area (Å²) in [5.41, 5.74) is 7.89. The summed E-state index contributed by atoms with van der Waals surface area (Å²) < 4.78 is 2.81. The molecule has 1 heterocycles. The molecule has 2 aromatic rings. The normalized spacial score (nSPS) is 11.8. The number of rotatable bonds is 2. The molecule has 1 aromatic heterocycles. The van der Waals surface area contributed by atoms with Gasteiger partial charge in [-0.05, 0) is 17.7 Å². The molecule has 102 valence electrons. The van der Waals surface area contributed by atoms with Gasteiger partial charge in [0.2, 0.25) is 0 Å². The van der Waals surface area contributed by atoms with Crippen LogP contribution >= 0.6 is 27.5 Å². The Morgan fingerprint density at radius 3 is 2.32 bits per heavy atom. The summed E-state index contributed by atoms with van der Waals surface area (Å²) in [7, 11) is 0. The Kier molecular flexibility index (Phi) is 3.92. The first kappa shape index (κ1) is 14.4. The molecule has 0 saturated carbocycles. The van der Waals surface area contributed by atoms with Crippen LogP contribution in [0.1, 0.15) is 32.0 Å². The molecule has 0 bridgehead atoms. The Hall–Kier alpha value is -1.00. The maximum Gasteiger partial charge on any atom is 0.141 e. The fourth-order valence-electron chi connectivity index (χ4n) is 1.82. The van der Waals surface area contributed by atoms with Gasteiger partial charge in [0, 0.05) is 9.89 Å². The van der Waals surface area contributed by atoms with Crippen molar-refractivity contribution in [3.63, 3.8) is 0 Å². The lowest BCUT2D eigenvalue weighted by Crippen LogP contribution is -2.13. The van der Waals surface area contributed by atoms with Crippen molar-refractivity contribution < 1.29 is 0 Å². The number of aromatic nitrogens is 2. The minimum atomic E-state index is -0.115. The molecule has 3 nitrogen and oxygen atoms in total. The van der Waals surface area contributed by atoms with E-state index in [0.717, 1.165) is 15.7 Å². The number of nitrogens with two attached hydrogens (primary N) is 1. The quantitative estimate of drug-likeness (QED) is 0.887. The molecule has 2 N–H and O–H groups in total. The zero-order valence-electron chi connectivity index (χ0n) is 11.2. The molecule has 0 fully saturated rings. The van der Waals surface area contributed by atoms with Gasteiger partial charge in [0.05, 0.1) is 12.2 Å². The fourth-order valence-corrected chi connectivity index (χ4v) is 2.50. The topological polar surface area (TPSA) is 43.8 Å². The maximum absolute atomic E-state index is 6.27. The summed E-state index contributed by atoms with van der Waals surface area (Å²) in [6.45, 7) is 6.84. The van der Waals surface area contributed by atoms with Crippen LogP contribution in [-0.4, -0.2) is 9.78 Å². The highest BCUT2D eigenvalue weighted by Crippen LogP contribution is 2.32. The van der Waals surface area contributed by atoms with Gasteiger partial charge in [-0.15, -0.1) is 0 Å². The Morgan fingerprint density at radius 1 is 1.26 bits per heavy atom. The van der Waals surface area contributed by atoms with Crippen molar-refractivity contribution in [2.45, 2.75) is 32.7 Å². The summed E-state index contributed by atoms with van der Waals surface area (Å²) in [4.78, 5) is 0. The van der Waals surface area contributed by atoms with Crippen LogP contribution in [0.15, 0.2) is 28.7 Å². The molecule has 0 aliphatic carbocycles. The van der Waals surface area contributed by atoms with E-state index in [9.17, 15) is 0 Å². The van der Waals surface area contributed by atoms with E-state index in [1.54, 1.807) is 4.68 Å². The Bertz CT molecular complexity index is 582. The third kappa shape index (κ3) is 3.12. The van der Waals surface area contributed by atoms with Crippen molar-refractivity contribution in [3.8, 4) is 0 Å². The van der Waals surface area contributed by atoms with Crippen molar-refractivity contribution in [2.75, 3.05) is 5.73 Å². The molecule has 0 radical (unpaired) electrons. The summed E-state index contributed by atoms with van der Waals surface area (Å²) in [5.74, 6) is 0.523. The van der Waals surface area contributed by atoms with Crippen molar-refractivity contribution in [1.29, 1.82) is 0 Å². The number of halogens is 2. The third-order valence-corrected chi connectivity index (χ3v) is 3.79. The number of hydrogen-bond donors (Lipinski definition) is 1. The van der Waals surface area contributed by atoms with Crippen LogP contribution in [-0.2, 0) is 12.0 Å². The largest absolute Gasteiger partial charge is 0.383 e. The molecule has 0 aliphatic heterocycles. The first-order valence-corrected chi connectivity index (χ1v) is 7.23. The van der Waals surface area contributed by atoms with E-state index in [2.05, 4.69) is 41.8 Å². The molecular formula is C14H17BrClN3. The molecule has 0 amide bonds. The third-order valence-electron chi connectivity index (χ3n) is 2.89. The van der Waals surface area contributed by atoms with Crippen molar-refractivity contribution in [3.05, 3.63) is 45.0 Å². The predicted octanol–water partition coefficient (Wildman–Crippen LogP) is 4.23. The van der Waals surface area contributed by atoms with Gasteiger partial charge >= 0.3 is 0 Å². The van der Waals surface area contributed by atoms with E-state index >= 15 is 0 Å². The molecule has 2 rings (SSSR count). The summed E-state index contributed by atoms with van der Waals surface area (Å²) in [6.07, 6.45) is 0. The summed E-state index contributed by atoms with van der Waals surface area (Å²) in [6, 6.07) is 8.08. The van der Waals surface area contributed by atoms with Gasteiger partial charge in [0.1, 0.15) is 10.8 Å². The lowest BCUT2D eigenvalue weighted by atomic mass is 9.92. The highest BCUT2D eigenvalue weighted by atomic mass is 79.9. The standard InChI is InChI=1S/C14H17BrClN3/c1-14(2,3)12-11(16)13(17)19(18-12)8-9-4-6-10(15)7-5-9/h4-7H,8,17H2,1-3H3. The second kappa shape index (κ2) is 5.17. The lowest BCUT2D eigenvalue weighted by molar-refractivity contribution is 0.546. The average Bonchev–Trinajstić information content (AvgIpc) is 2.60. The molecule has 0 unspecified atom stereocenters. The van der Waals surface area contributed by atoms with Crippen LogP contribution in [0.4, 0.5) is 5.82 Å². The van der Waals surface area contributed by atoms with Crippen LogP contribution in [0.25, 0.3) is 0 Å². The SMILES string of the molecule is CC(C)(C)c1nn(Cc2ccc(Br)cc2)c(N)c1Cl. The molecule has 0 saturated heterocycles. The van der Waals surface area contributed by atoms with E-state index in [-0.39, 0.29) is 5.41 Å². The number of benzene rings is 1. The monoisotopic (exact) mass is 341 g/mol.